The SMILES string of the molecule is Brc1cccc(CNc2nc3ccccc3s2)c1. The van der Waals surface area contributed by atoms with Crippen molar-refractivity contribution in [3.63, 3.8) is 0 Å². The van der Waals surface area contributed by atoms with E-state index in [-0.39, 0.29) is 0 Å². The Kier molecular flexibility index (Phi) is 3.30. The van der Waals surface area contributed by atoms with Gasteiger partial charge in [-0.1, -0.05) is 51.5 Å². The molecule has 18 heavy (non-hydrogen) atoms. The van der Waals surface area contributed by atoms with Crippen molar-refractivity contribution in [2.75, 3.05) is 5.32 Å². The second kappa shape index (κ2) is 5.08. The number of nitrogens with one attached hydrogen (secondary N) is 1. The summed E-state index contributed by atoms with van der Waals surface area (Å²) in [5.74, 6) is 0. The van der Waals surface area contributed by atoms with E-state index in [0.29, 0.717) is 0 Å². The van der Waals surface area contributed by atoms with E-state index in [9.17, 15) is 0 Å². The van der Waals surface area contributed by atoms with Crippen molar-refractivity contribution in [1.82, 2.24) is 4.98 Å². The van der Waals surface area contributed by atoms with Crippen molar-refractivity contribution in [3.05, 3.63) is 58.6 Å². The third kappa shape index (κ3) is 2.54. The Balaban J connectivity index is 1.76. The third-order valence-electron chi connectivity index (χ3n) is 2.63. The van der Waals surface area contributed by atoms with Gasteiger partial charge in [0.05, 0.1) is 10.2 Å². The largest absolute Gasteiger partial charge is 0.357 e. The Bertz CT molecular complexity index is 645. The maximum Gasteiger partial charge on any atom is 0.184 e. The van der Waals surface area contributed by atoms with Gasteiger partial charge in [0.15, 0.2) is 5.13 Å². The van der Waals surface area contributed by atoms with Gasteiger partial charge in [-0.3, -0.25) is 0 Å². The van der Waals surface area contributed by atoms with E-state index in [4.69, 9.17) is 0 Å². The number of benzene rings is 2. The van der Waals surface area contributed by atoms with Gasteiger partial charge in [-0.15, -0.1) is 0 Å². The fraction of sp³-hybridized carbons (Fsp3) is 0.0714. The molecule has 2 aromatic carbocycles. The summed E-state index contributed by atoms with van der Waals surface area (Å²) in [5.41, 5.74) is 2.29. The van der Waals surface area contributed by atoms with Crippen LogP contribution >= 0.6 is 27.3 Å². The highest BCUT2D eigenvalue weighted by Gasteiger charge is 2.02. The zero-order valence-electron chi connectivity index (χ0n) is 9.56. The molecule has 0 spiro atoms. The quantitative estimate of drug-likeness (QED) is 0.759. The van der Waals surface area contributed by atoms with Crippen LogP contribution in [0.4, 0.5) is 5.13 Å². The van der Waals surface area contributed by atoms with E-state index in [1.54, 1.807) is 11.3 Å². The zero-order valence-corrected chi connectivity index (χ0v) is 12.0. The number of hydrogen-bond acceptors (Lipinski definition) is 3. The molecule has 0 saturated heterocycles. The summed E-state index contributed by atoms with van der Waals surface area (Å²) >= 11 is 5.16. The van der Waals surface area contributed by atoms with E-state index in [1.165, 1.54) is 10.3 Å². The summed E-state index contributed by atoms with van der Waals surface area (Å²) in [6, 6.07) is 16.5. The van der Waals surface area contributed by atoms with Gasteiger partial charge in [0.25, 0.3) is 0 Å². The fourth-order valence-electron chi connectivity index (χ4n) is 1.77. The molecular weight excluding hydrogens is 308 g/mol. The lowest BCUT2D eigenvalue weighted by Crippen LogP contribution is -1.98. The molecular formula is C14H11BrN2S. The molecule has 2 nitrogen and oxygen atoms in total. The highest BCUT2D eigenvalue weighted by molar-refractivity contribution is 9.10. The Morgan fingerprint density at radius 2 is 2.00 bits per heavy atom. The lowest BCUT2D eigenvalue weighted by molar-refractivity contribution is 1.14. The van der Waals surface area contributed by atoms with E-state index in [1.807, 2.05) is 30.3 Å². The van der Waals surface area contributed by atoms with Gasteiger partial charge in [-0.25, -0.2) is 4.98 Å². The first-order valence-corrected chi connectivity index (χ1v) is 7.26. The van der Waals surface area contributed by atoms with Crippen LogP contribution in [0.15, 0.2) is 53.0 Å². The normalized spacial score (nSPS) is 10.7. The number of hydrogen-bond donors (Lipinski definition) is 1. The molecule has 3 aromatic rings. The average Bonchev–Trinajstić information content (AvgIpc) is 2.79. The summed E-state index contributed by atoms with van der Waals surface area (Å²) in [6.45, 7) is 0.791. The highest BCUT2D eigenvalue weighted by atomic mass is 79.9. The monoisotopic (exact) mass is 318 g/mol. The molecule has 1 heterocycles. The maximum atomic E-state index is 4.55. The zero-order chi connectivity index (χ0) is 12.4. The molecule has 0 fully saturated rings. The number of thiazole rings is 1. The molecule has 0 atom stereocenters. The van der Waals surface area contributed by atoms with Crippen LogP contribution < -0.4 is 5.32 Å². The maximum absolute atomic E-state index is 4.55. The molecule has 0 aliphatic carbocycles. The second-order valence-corrected chi connectivity index (χ2v) is 5.92. The summed E-state index contributed by atoms with van der Waals surface area (Å²) in [6.07, 6.45) is 0. The topological polar surface area (TPSA) is 24.9 Å². The predicted molar refractivity (Wildman–Crippen MR) is 81.1 cm³/mol. The van der Waals surface area contributed by atoms with Crippen molar-refractivity contribution in [1.29, 1.82) is 0 Å². The van der Waals surface area contributed by atoms with E-state index < -0.39 is 0 Å². The number of nitrogens with zero attached hydrogens (tertiary/aromatic N) is 1. The average molecular weight is 319 g/mol. The molecule has 0 unspecified atom stereocenters. The third-order valence-corrected chi connectivity index (χ3v) is 4.11. The second-order valence-electron chi connectivity index (χ2n) is 3.97. The number of para-hydroxylation sites is 1. The van der Waals surface area contributed by atoms with Crippen LogP contribution in [0, 0.1) is 0 Å². The lowest BCUT2D eigenvalue weighted by atomic mass is 10.2. The Morgan fingerprint density at radius 3 is 2.83 bits per heavy atom. The Morgan fingerprint density at radius 1 is 1.11 bits per heavy atom. The molecule has 3 rings (SSSR count). The summed E-state index contributed by atoms with van der Waals surface area (Å²) < 4.78 is 2.32. The first-order chi connectivity index (χ1) is 8.81. The Labute approximate surface area is 118 Å². The summed E-state index contributed by atoms with van der Waals surface area (Å²) in [4.78, 5) is 4.55. The van der Waals surface area contributed by atoms with E-state index in [2.05, 4.69) is 44.4 Å². The molecule has 1 N–H and O–H groups in total. The fourth-order valence-corrected chi connectivity index (χ4v) is 3.08. The van der Waals surface area contributed by atoms with Crippen molar-refractivity contribution >= 4 is 42.6 Å². The van der Waals surface area contributed by atoms with Crippen LogP contribution in [0.3, 0.4) is 0 Å². The molecule has 0 saturated carbocycles. The highest BCUT2D eigenvalue weighted by Crippen LogP contribution is 2.25. The van der Waals surface area contributed by atoms with Crippen molar-refractivity contribution in [2.24, 2.45) is 0 Å². The van der Waals surface area contributed by atoms with Crippen LogP contribution in [0.1, 0.15) is 5.56 Å². The smallest absolute Gasteiger partial charge is 0.184 e. The number of fused-ring (bicyclic) bond motifs is 1. The molecule has 1 aromatic heterocycles. The molecule has 0 aliphatic heterocycles. The van der Waals surface area contributed by atoms with Crippen LogP contribution in [-0.2, 0) is 6.54 Å². The number of aromatic nitrogens is 1. The van der Waals surface area contributed by atoms with E-state index in [0.717, 1.165) is 21.7 Å². The van der Waals surface area contributed by atoms with Crippen molar-refractivity contribution in [3.8, 4) is 0 Å². The van der Waals surface area contributed by atoms with Gasteiger partial charge in [0, 0.05) is 11.0 Å². The van der Waals surface area contributed by atoms with Crippen LogP contribution in [0.25, 0.3) is 10.2 Å². The number of anilines is 1. The minimum absolute atomic E-state index is 0.791. The molecule has 0 aliphatic rings. The predicted octanol–water partition coefficient (Wildman–Crippen LogP) is 4.67. The van der Waals surface area contributed by atoms with Gasteiger partial charge in [0.2, 0.25) is 0 Å². The minimum Gasteiger partial charge on any atom is -0.357 e. The first-order valence-electron chi connectivity index (χ1n) is 5.65. The van der Waals surface area contributed by atoms with Crippen LogP contribution in [-0.4, -0.2) is 4.98 Å². The standard InChI is InChI=1S/C14H11BrN2S/c15-11-5-3-4-10(8-11)9-16-14-17-12-6-1-2-7-13(12)18-14/h1-8H,9H2,(H,16,17). The Hall–Kier alpha value is -1.39. The molecule has 4 heteroatoms. The van der Waals surface area contributed by atoms with Gasteiger partial charge < -0.3 is 5.32 Å². The van der Waals surface area contributed by atoms with E-state index >= 15 is 0 Å². The lowest BCUT2D eigenvalue weighted by Gasteiger charge is -2.02. The van der Waals surface area contributed by atoms with Gasteiger partial charge in [0.1, 0.15) is 0 Å². The van der Waals surface area contributed by atoms with Crippen LogP contribution in [0.5, 0.6) is 0 Å². The van der Waals surface area contributed by atoms with Crippen molar-refractivity contribution in [2.45, 2.75) is 6.54 Å². The van der Waals surface area contributed by atoms with Gasteiger partial charge in [-0.05, 0) is 29.8 Å². The van der Waals surface area contributed by atoms with Gasteiger partial charge in [-0.2, -0.15) is 0 Å². The first kappa shape index (κ1) is 11.7. The summed E-state index contributed by atoms with van der Waals surface area (Å²) in [5, 5.41) is 4.33. The molecule has 0 amide bonds. The molecule has 90 valence electrons. The van der Waals surface area contributed by atoms with Crippen LogP contribution in [0.2, 0.25) is 0 Å². The number of rotatable bonds is 3. The van der Waals surface area contributed by atoms with Gasteiger partial charge >= 0.3 is 0 Å². The van der Waals surface area contributed by atoms with Crippen molar-refractivity contribution < 1.29 is 0 Å². The minimum atomic E-state index is 0.791. The summed E-state index contributed by atoms with van der Waals surface area (Å²) in [7, 11) is 0. The number of halogens is 1. The molecule has 0 radical (unpaired) electrons. The molecule has 0 bridgehead atoms.